The van der Waals surface area contributed by atoms with Crippen LogP contribution in [-0.4, -0.2) is 41.8 Å². The second kappa shape index (κ2) is 11.1. The Bertz CT molecular complexity index is 1620. The minimum Gasteiger partial charge on any atom is -0.379 e. The van der Waals surface area contributed by atoms with Gasteiger partial charge in [-0.15, -0.1) is 0 Å². The van der Waals surface area contributed by atoms with Crippen molar-refractivity contribution in [1.82, 2.24) is 4.90 Å². The van der Waals surface area contributed by atoms with Gasteiger partial charge in [0.25, 0.3) is 16.8 Å². The van der Waals surface area contributed by atoms with Crippen LogP contribution in [0.3, 0.4) is 0 Å². The maximum Gasteiger partial charge on any atom is 0.339 e. The summed E-state index contributed by atoms with van der Waals surface area (Å²) < 4.78 is 30.3. The Morgan fingerprint density at radius 2 is 1.72 bits per heavy atom. The van der Waals surface area contributed by atoms with Gasteiger partial charge in [0.15, 0.2) is 0 Å². The van der Waals surface area contributed by atoms with Crippen LogP contribution in [0.15, 0.2) is 76.5 Å². The van der Waals surface area contributed by atoms with E-state index in [2.05, 4.69) is 5.32 Å². The van der Waals surface area contributed by atoms with Crippen LogP contribution < -0.4 is 9.50 Å². The van der Waals surface area contributed by atoms with Crippen molar-refractivity contribution in [2.45, 2.75) is 18.7 Å². The first-order valence-electron chi connectivity index (χ1n) is 11.3. The molecule has 11 nitrogen and oxygen atoms in total. The number of nitrogens with zero attached hydrogens (tertiary/aromatic N) is 2. The molecule has 4 rings (SSSR count). The summed E-state index contributed by atoms with van der Waals surface area (Å²) in [6.45, 7) is 2.95. The van der Waals surface area contributed by atoms with Crippen molar-refractivity contribution >= 4 is 56.4 Å². The second-order valence-corrected chi connectivity index (χ2v) is 11.0. The van der Waals surface area contributed by atoms with Crippen LogP contribution in [0.2, 0.25) is 0 Å². The molecule has 1 aliphatic rings. The zero-order chi connectivity index (χ0) is 28.3. The molecular weight excluding hydrogens is 546 g/mol. The molecule has 1 heterocycles. The number of carbonyl (C=O) groups is 3. The monoisotopic (exact) mass is 567 g/mol. The molecule has 0 radical (unpaired) electrons. The molecule has 0 unspecified atom stereocenters. The van der Waals surface area contributed by atoms with Gasteiger partial charge in [-0.05, 0) is 67.6 Å². The van der Waals surface area contributed by atoms with Crippen LogP contribution >= 0.6 is 11.8 Å². The van der Waals surface area contributed by atoms with Crippen molar-refractivity contribution in [3.63, 3.8) is 0 Å². The van der Waals surface area contributed by atoms with Gasteiger partial charge in [0, 0.05) is 17.3 Å². The van der Waals surface area contributed by atoms with Crippen molar-refractivity contribution < 1.29 is 31.9 Å². The maximum absolute atomic E-state index is 12.7. The smallest absolute Gasteiger partial charge is 0.339 e. The lowest BCUT2D eigenvalue weighted by atomic mass is 10.2. The Kier molecular flexibility index (Phi) is 7.83. The fraction of sp³-hybridized carbons (Fsp3) is 0.115. The molecule has 3 aromatic carbocycles. The molecule has 1 saturated heterocycles. The fourth-order valence-corrected chi connectivity index (χ4v) is 5.29. The molecule has 0 spiro atoms. The highest BCUT2D eigenvalue weighted by Gasteiger charge is 2.36. The number of nitro groups is 1. The number of anilines is 1. The Labute approximate surface area is 227 Å². The van der Waals surface area contributed by atoms with Gasteiger partial charge in [-0.3, -0.25) is 29.4 Å². The summed E-state index contributed by atoms with van der Waals surface area (Å²) >= 11 is 0.679. The SMILES string of the molecule is Cc1ccc(NC(=O)CN2C(=O)S/C(=C\c3ccc(OS(=O)(=O)c4ccc(C)c([N+](=O)[O-])c4)cc3)C2=O)cc1. The third kappa shape index (κ3) is 6.51. The quantitative estimate of drug-likeness (QED) is 0.177. The number of benzene rings is 3. The number of aryl methyl sites for hydroxylation is 2. The summed E-state index contributed by atoms with van der Waals surface area (Å²) in [5.41, 5.74) is 1.98. The number of carbonyl (C=O) groups excluding carboxylic acids is 3. The molecule has 3 amide bonds. The molecule has 1 fully saturated rings. The number of nitrogens with one attached hydrogen (secondary N) is 1. The first kappa shape index (κ1) is 27.5. The molecule has 0 bridgehead atoms. The highest BCUT2D eigenvalue weighted by Crippen LogP contribution is 2.32. The normalized spacial score (nSPS) is 14.5. The summed E-state index contributed by atoms with van der Waals surface area (Å²) in [6.07, 6.45) is 1.43. The average molecular weight is 568 g/mol. The summed E-state index contributed by atoms with van der Waals surface area (Å²) in [4.78, 5) is 48.5. The highest BCUT2D eigenvalue weighted by atomic mass is 32.2. The lowest BCUT2D eigenvalue weighted by molar-refractivity contribution is -0.385. The molecule has 200 valence electrons. The maximum atomic E-state index is 12.7. The lowest BCUT2D eigenvalue weighted by Gasteiger charge is -2.12. The van der Waals surface area contributed by atoms with Gasteiger partial charge in [-0.2, -0.15) is 8.42 Å². The van der Waals surface area contributed by atoms with Crippen LogP contribution in [-0.2, 0) is 19.7 Å². The molecule has 0 atom stereocenters. The number of thioether (sulfide) groups is 1. The van der Waals surface area contributed by atoms with E-state index in [0.717, 1.165) is 16.5 Å². The van der Waals surface area contributed by atoms with E-state index in [1.165, 1.54) is 49.4 Å². The van der Waals surface area contributed by atoms with Gasteiger partial charge in [0.05, 0.1) is 9.83 Å². The van der Waals surface area contributed by atoms with Crippen molar-refractivity contribution in [1.29, 1.82) is 0 Å². The van der Waals surface area contributed by atoms with E-state index in [0.29, 0.717) is 28.6 Å². The van der Waals surface area contributed by atoms with Gasteiger partial charge in [-0.25, -0.2) is 0 Å². The number of hydrogen-bond acceptors (Lipinski definition) is 9. The largest absolute Gasteiger partial charge is 0.379 e. The Morgan fingerprint density at radius 1 is 1.05 bits per heavy atom. The van der Waals surface area contributed by atoms with E-state index in [4.69, 9.17) is 4.18 Å². The topological polar surface area (TPSA) is 153 Å². The molecule has 13 heteroatoms. The van der Waals surface area contributed by atoms with E-state index in [1.54, 1.807) is 12.1 Å². The summed E-state index contributed by atoms with van der Waals surface area (Å²) in [7, 11) is -4.35. The Morgan fingerprint density at radius 3 is 2.36 bits per heavy atom. The van der Waals surface area contributed by atoms with E-state index < -0.39 is 38.6 Å². The molecular formula is C26H21N3O8S2. The Balaban J connectivity index is 1.42. The molecule has 0 aromatic heterocycles. The van der Waals surface area contributed by atoms with Gasteiger partial charge < -0.3 is 9.50 Å². The summed E-state index contributed by atoms with van der Waals surface area (Å²) in [6, 6.07) is 16.1. The Hall–Kier alpha value is -4.49. The first-order chi connectivity index (χ1) is 18.4. The molecule has 0 aliphatic carbocycles. The zero-order valence-electron chi connectivity index (χ0n) is 20.6. The van der Waals surface area contributed by atoms with Gasteiger partial charge >= 0.3 is 10.1 Å². The van der Waals surface area contributed by atoms with Crippen molar-refractivity contribution in [3.05, 3.63) is 98.4 Å². The van der Waals surface area contributed by atoms with Crippen molar-refractivity contribution in [2.24, 2.45) is 0 Å². The van der Waals surface area contributed by atoms with Crippen LogP contribution in [0, 0.1) is 24.0 Å². The van der Waals surface area contributed by atoms with Gasteiger partial charge in [0.1, 0.15) is 17.2 Å². The van der Waals surface area contributed by atoms with Crippen LogP contribution in [0.4, 0.5) is 16.2 Å². The van der Waals surface area contributed by atoms with E-state index in [9.17, 15) is 32.9 Å². The predicted molar refractivity (Wildman–Crippen MR) is 145 cm³/mol. The highest BCUT2D eigenvalue weighted by molar-refractivity contribution is 8.18. The van der Waals surface area contributed by atoms with E-state index >= 15 is 0 Å². The van der Waals surface area contributed by atoms with Gasteiger partial charge in [-0.1, -0.05) is 35.9 Å². The number of rotatable bonds is 8. The second-order valence-electron chi connectivity index (χ2n) is 8.49. The average Bonchev–Trinajstić information content (AvgIpc) is 3.13. The minimum atomic E-state index is -4.35. The summed E-state index contributed by atoms with van der Waals surface area (Å²) in [5.74, 6) is -1.21. The van der Waals surface area contributed by atoms with Crippen LogP contribution in [0.1, 0.15) is 16.7 Å². The minimum absolute atomic E-state index is 0.0590. The predicted octanol–water partition coefficient (Wildman–Crippen LogP) is 4.65. The molecule has 0 saturated carbocycles. The summed E-state index contributed by atoms with van der Waals surface area (Å²) in [5, 5.41) is 13.2. The number of hydrogen-bond donors (Lipinski definition) is 1. The van der Waals surface area contributed by atoms with E-state index in [-0.39, 0.29) is 21.2 Å². The molecule has 39 heavy (non-hydrogen) atoms. The van der Waals surface area contributed by atoms with Crippen molar-refractivity contribution in [2.75, 3.05) is 11.9 Å². The van der Waals surface area contributed by atoms with Crippen LogP contribution in [0.5, 0.6) is 5.75 Å². The van der Waals surface area contributed by atoms with Crippen LogP contribution in [0.25, 0.3) is 6.08 Å². The number of nitro benzene ring substituents is 1. The van der Waals surface area contributed by atoms with Crippen molar-refractivity contribution in [3.8, 4) is 5.75 Å². The number of imide groups is 1. The fourth-order valence-electron chi connectivity index (χ4n) is 3.50. The zero-order valence-corrected chi connectivity index (χ0v) is 22.2. The third-order valence-corrected chi connectivity index (χ3v) is 7.71. The number of amides is 3. The van der Waals surface area contributed by atoms with E-state index in [1.807, 2.05) is 19.1 Å². The molecule has 1 aliphatic heterocycles. The molecule has 3 aromatic rings. The third-order valence-electron chi connectivity index (χ3n) is 5.56. The molecule has 1 N–H and O–H groups in total. The first-order valence-corrected chi connectivity index (χ1v) is 13.6. The standard InChI is InChI=1S/C26H21N3O8S2/c1-16-3-8-19(9-4-16)27-24(30)15-28-25(31)23(38-26(28)32)13-18-6-10-20(11-7-18)37-39(35,36)21-12-5-17(2)22(14-21)29(33)34/h3-14H,15H2,1-2H3,(H,27,30)/b23-13-. The lowest BCUT2D eigenvalue weighted by Crippen LogP contribution is -2.36. The van der Waals surface area contributed by atoms with Gasteiger partial charge in [0.2, 0.25) is 5.91 Å².